The number of carbonyl (C=O) groups excluding carboxylic acids is 1. The summed E-state index contributed by atoms with van der Waals surface area (Å²) in [7, 11) is 0. The van der Waals surface area contributed by atoms with E-state index in [1.54, 1.807) is 18.3 Å². The summed E-state index contributed by atoms with van der Waals surface area (Å²) >= 11 is 2.81. The third kappa shape index (κ3) is 3.63. The van der Waals surface area contributed by atoms with Crippen LogP contribution in [0.15, 0.2) is 9.95 Å². The first-order chi connectivity index (χ1) is 12.9. The molecule has 2 atom stereocenters. The summed E-state index contributed by atoms with van der Waals surface area (Å²) in [5.41, 5.74) is 0.242. The van der Waals surface area contributed by atoms with Crippen molar-refractivity contribution in [3.63, 3.8) is 0 Å². The number of thiophene rings is 1. The minimum atomic E-state index is -0.800. The molecule has 8 heteroatoms. The monoisotopic (exact) mass is 402 g/mol. The van der Waals surface area contributed by atoms with Gasteiger partial charge in [0.1, 0.15) is 10.4 Å². The highest BCUT2D eigenvalue weighted by Crippen LogP contribution is 2.39. The zero-order valence-corrected chi connectivity index (χ0v) is 17.1. The van der Waals surface area contributed by atoms with E-state index in [9.17, 15) is 14.9 Å². The highest BCUT2D eigenvalue weighted by atomic mass is 32.2. The summed E-state index contributed by atoms with van der Waals surface area (Å²) < 4.78 is 0. The molecule has 1 fully saturated rings. The van der Waals surface area contributed by atoms with Crippen LogP contribution < -0.4 is 10.9 Å². The Balaban J connectivity index is 1.49. The number of nitrogens with zero attached hydrogens (tertiary/aromatic N) is 2. The van der Waals surface area contributed by atoms with Gasteiger partial charge < -0.3 is 10.3 Å². The standard InChI is InChI=1S/C19H22N4O2S2/c1-10-3-6-12-13(7-10)27-17-15(12)16(25)21-18(22-17)26-8-14(24)23-19(2,9-20)11-4-5-11/h10-11H,3-8H2,1-2H3,(H,23,24)(H,21,22,25)/t10-,19+/m1/s1. The molecule has 2 aromatic heterocycles. The van der Waals surface area contributed by atoms with Gasteiger partial charge in [0.25, 0.3) is 5.56 Å². The number of H-pyrrole nitrogens is 1. The lowest BCUT2D eigenvalue weighted by atomic mass is 9.89. The molecule has 0 unspecified atom stereocenters. The molecule has 2 aliphatic rings. The van der Waals surface area contributed by atoms with E-state index >= 15 is 0 Å². The van der Waals surface area contributed by atoms with Crippen LogP contribution in [0.3, 0.4) is 0 Å². The Bertz CT molecular complexity index is 1000. The van der Waals surface area contributed by atoms with Crippen LogP contribution in [-0.4, -0.2) is 27.2 Å². The number of hydrogen-bond acceptors (Lipinski definition) is 6. The van der Waals surface area contributed by atoms with Crippen molar-refractivity contribution in [1.82, 2.24) is 15.3 Å². The van der Waals surface area contributed by atoms with Crippen LogP contribution in [0.4, 0.5) is 0 Å². The molecular weight excluding hydrogens is 380 g/mol. The number of nitrogens with one attached hydrogen (secondary N) is 2. The number of hydrogen-bond donors (Lipinski definition) is 2. The van der Waals surface area contributed by atoms with Gasteiger partial charge in [0.05, 0.1) is 17.2 Å². The Labute approximate surface area is 165 Å². The highest BCUT2D eigenvalue weighted by molar-refractivity contribution is 7.99. The van der Waals surface area contributed by atoms with Crippen LogP contribution >= 0.6 is 23.1 Å². The molecule has 142 valence electrons. The molecule has 6 nitrogen and oxygen atoms in total. The van der Waals surface area contributed by atoms with Crippen molar-refractivity contribution < 1.29 is 4.79 Å². The second-order valence-electron chi connectivity index (χ2n) is 7.83. The van der Waals surface area contributed by atoms with Gasteiger partial charge >= 0.3 is 0 Å². The van der Waals surface area contributed by atoms with Gasteiger partial charge in [-0.2, -0.15) is 5.26 Å². The van der Waals surface area contributed by atoms with E-state index in [0.29, 0.717) is 11.1 Å². The molecule has 0 aromatic carbocycles. The first-order valence-electron chi connectivity index (χ1n) is 9.29. The SMILES string of the molecule is C[C@@H]1CCc2c(sc3nc(SCC(=O)N[C@@](C)(C#N)C4CC4)[nH]c(=O)c23)C1. The molecule has 2 heterocycles. The molecule has 0 spiro atoms. The van der Waals surface area contributed by atoms with Crippen molar-refractivity contribution in [3.05, 3.63) is 20.8 Å². The lowest BCUT2D eigenvalue weighted by molar-refractivity contribution is -0.119. The van der Waals surface area contributed by atoms with Crippen LogP contribution in [0.2, 0.25) is 0 Å². The van der Waals surface area contributed by atoms with Gasteiger partial charge in [0.15, 0.2) is 5.16 Å². The van der Waals surface area contributed by atoms with Crippen LogP contribution in [0, 0.1) is 23.2 Å². The van der Waals surface area contributed by atoms with E-state index in [1.165, 1.54) is 16.6 Å². The summed E-state index contributed by atoms with van der Waals surface area (Å²) in [6, 6.07) is 2.22. The summed E-state index contributed by atoms with van der Waals surface area (Å²) in [6.45, 7) is 4.01. The molecule has 0 radical (unpaired) electrons. The maximum Gasteiger partial charge on any atom is 0.260 e. The summed E-state index contributed by atoms with van der Waals surface area (Å²) in [5.74, 6) is 0.798. The number of amides is 1. The van der Waals surface area contributed by atoms with Crippen LogP contribution in [0.5, 0.6) is 0 Å². The van der Waals surface area contributed by atoms with E-state index in [4.69, 9.17) is 0 Å². The molecule has 2 N–H and O–H groups in total. The molecule has 2 aliphatic carbocycles. The molecule has 27 heavy (non-hydrogen) atoms. The first-order valence-corrected chi connectivity index (χ1v) is 11.1. The Morgan fingerprint density at radius 3 is 2.96 bits per heavy atom. The first kappa shape index (κ1) is 18.5. The fourth-order valence-corrected chi connectivity index (χ4v) is 5.84. The smallest absolute Gasteiger partial charge is 0.260 e. The van der Waals surface area contributed by atoms with E-state index in [0.717, 1.165) is 47.9 Å². The number of thioether (sulfide) groups is 1. The third-order valence-electron chi connectivity index (χ3n) is 5.51. The van der Waals surface area contributed by atoms with Gasteiger partial charge in [-0.25, -0.2) is 4.98 Å². The maximum absolute atomic E-state index is 12.6. The molecule has 0 bridgehead atoms. The Hall–Kier alpha value is -1.85. The van der Waals surface area contributed by atoms with Crippen molar-refractivity contribution in [2.75, 3.05) is 5.75 Å². The number of nitriles is 1. The number of fused-ring (bicyclic) bond motifs is 3. The molecule has 1 saturated carbocycles. The fourth-order valence-electron chi connectivity index (χ4n) is 3.74. The number of aryl methyl sites for hydroxylation is 1. The quantitative estimate of drug-likeness (QED) is 0.592. The topological polar surface area (TPSA) is 98.6 Å². The van der Waals surface area contributed by atoms with Crippen LogP contribution in [0.25, 0.3) is 10.2 Å². The minimum Gasteiger partial charge on any atom is -0.337 e. The molecule has 4 rings (SSSR count). The Morgan fingerprint density at radius 2 is 2.26 bits per heavy atom. The number of rotatable bonds is 5. The second kappa shape index (κ2) is 6.95. The molecular formula is C19H22N4O2S2. The minimum absolute atomic E-state index is 0.116. The lowest BCUT2D eigenvalue weighted by Gasteiger charge is -2.22. The average Bonchev–Trinajstić information content (AvgIpc) is 3.41. The van der Waals surface area contributed by atoms with Crippen LogP contribution in [-0.2, 0) is 17.6 Å². The largest absolute Gasteiger partial charge is 0.337 e. The molecule has 0 aliphatic heterocycles. The van der Waals surface area contributed by atoms with Crippen molar-refractivity contribution in [2.24, 2.45) is 11.8 Å². The van der Waals surface area contributed by atoms with Gasteiger partial charge in [-0.15, -0.1) is 11.3 Å². The van der Waals surface area contributed by atoms with E-state index in [1.807, 2.05) is 0 Å². The molecule has 2 aromatic rings. The third-order valence-corrected chi connectivity index (χ3v) is 7.53. The Kier molecular flexibility index (Phi) is 4.77. The molecule has 1 amide bonds. The lowest BCUT2D eigenvalue weighted by Crippen LogP contribution is -2.47. The second-order valence-corrected chi connectivity index (χ2v) is 9.88. The van der Waals surface area contributed by atoms with Gasteiger partial charge in [-0.1, -0.05) is 18.7 Å². The normalized spacial score (nSPS) is 21.3. The fraction of sp³-hybridized carbons (Fsp3) is 0.579. The summed E-state index contributed by atoms with van der Waals surface area (Å²) in [4.78, 5) is 34.3. The summed E-state index contributed by atoms with van der Waals surface area (Å²) in [5, 5.41) is 13.4. The highest BCUT2D eigenvalue weighted by Gasteiger charge is 2.42. The number of aromatic nitrogens is 2. The van der Waals surface area contributed by atoms with E-state index in [2.05, 4.69) is 28.3 Å². The van der Waals surface area contributed by atoms with Crippen molar-refractivity contribution in [1.29, 1.82) is 5.26 Å². The predicted octanol–water partition coefficient (Wildman–Crippen LogP) is 3.01. The predicted molar refractivity (Wildman–Crippen MR) is 107 cm³/mol. The average molecular weight is 403 g/mol. The summed E-state index contributed by atoms with van der Waals surface area (Å²) in [6.07, 6.45) is 5.00. The van der Waals surface area contributed by atoms with Gasteiger partial charge in [0.2, 0.25) is 5.91 Å². The van der Waals surface area contributed by atoms with Crippen molar-refractivity contribution in [3.8, 4) is 6.07 Å². The van der Waals surface area contributed by atoms with E-state index in [-0.39, 0.29) is 23.1 Å². The van der Waals surface area contributed by atoms with Gasteiger partial charge in [0, 0.05) is 4.88 Å². The van der Waals surface area contributed by atoms with Crippen molar-refractivity contribution in [2.45, 2.75) is 56.6 Å². The zero-order valence-electron chi connectivity index (χ0n) is 15.4. The van der Waals surface area contributed by atoms with Gasteiger partial charge in [-0.05, 0) is 56.4 Å². The Morgan fingerprint density at radius 1 is 1.48 bits per heavy atom. The number of carbonyl (C=O) groups is 1. The van der Waals surface area contributed by atoms with Crippen molar-refractivity contribution >= 4 is 39.2 Å². The van der Waals surface area contributed by atoms with E-state index < -0.39 is 5.54 Å². The zero-order chi connectivity index (χ0) is 19.2. The van der Waals surface area contributed by atoms with Gasteiger partial charge in [-0.3, -0.25) is 9.59 Å². The maximum atomic E-state index is 12.6. The number of aromatic amines is 1. The van der Waals surface area contributed by atoms with Crippen LogP contribution in [0.1, 0.15) is 43.6 Å². The molecule has 0 saturated heterocycles.